The maximum atomic E-state index is 12.7. The van der Waals surface area contributed by atoms with Crippen molar-refractivity contribution < 1.29 is 17.9 Å². The molecule has 1 aromatic carbocycles. The van der Waals surface area contributed by atoms with Crippen molar-refractivity contribution in [3.05, 3.63) is 51.4 Å². The van der Waals surface area contributed by atoms with E-state index in [4.69, 9.17) is 4.74 Å². The summed E-state index contributed by atoms with van der Waals surface area (Å²) in [6, 6.07) is 6.32. The zero-order valence-electron chi connectivity index (χ0n) is 15.1. The lowest BCUT2D eigenvalue weighted by atomic mass is 10.2. The number of aryl methyl sites for hydroxylation is 1. The van der Waals surface area contributed by atoms with Gasteiger partial charge in [-0.05, 0) is 32.4 Å². The number of ether oxygens (including phenoxy) is 1. The van der Waals surface area contributed by atoms with Gasteiger partial charge in [0.15, 0.2) is 9.84 Å². The predicted molar refractivity (Wildman–Crippen MR) is 102 cm³/mol. The minimum atomic E-state index is -3.10. The highest BCUT2D eigenvalue weighted by molar-refractivity contribution is 7.91. The summed E-state index contributed by atoms with van der Waals surface area (Å²) in [7, 11) is -3.10. The Labute approximate surface area is 156 Å². The van der Waals surface area contributed by atoms with Crippen LogP contribution in [0.1, 0.15) is 41.0 Å². The molecule has 0 aliphatic carbocycles. The number of nitrogens with one attached hydrogen (secondary N) is 1. The molecule has 3 rings (SSSR count). The van der Waals surface area contributed by atoms with Gasteiger partial charge in [-0.15, -0.1) is 0 Å². The number of hydrogen-bond donors (Lipinski definition) is 1. The molecule has 0 bridgehead atoms. The summed E-state index contributed by atoms with van der Waals surface area (Å²) >= 11 is 0. The standard InChI is InChI=1S/C18H21N3O5S/c1-3-26-18(23)14-6-4-5-7-16(14)19-10-15-12(2)20-21(17(15)22)13-8-9-27(24,25)11-13/h4-7,10,13,20H,3,8-9,11H2,1-2H3. The molecule has 144 valence electrons. The third kappa shape index (κ3) is 4.02. The van der Waals surface area contributed by atoms with Crippen molar-refractivity contribution in [2.45, 2.75) is 26.3 Å². The van der Waals surface area contributed by atoms with E-state index in [2.05, 4.69) is 10.1 Å². The first-order chi connectivity index (χ1) is 12.8. The van der Waals surface area contributed by atoms with Crippen LogP contribution < -0.4 is 5.56 Å². The fourth-order valence-corrected chi connectivity index (χ4v) is 4.77. The Hall–Kier alpha value is -2.68. The molecule has 9 heteroatoms. The maximum Gasteiger partial charge on any atom is 0.340 e. The Morgan fingerprint density at radius 2 is 2.15 bits per heavy atom. The van der Waals surface area contributed by atoms with Gasteiger partial charge in [0.25, 0.3) is 5.56 Å². The van der Waals surface area contributed by atoms with Gasteiger partial charge in [-0.3, -0.25) is 14.9 Å². The first-order valence-corrected chi connectivity index (χ1v) is 10.5. The average molecular weight is 391 g/mol. The largest absolute Gasteiger partial charge is 0.462 e. The molecule has 2 aromatic rings. The molecule has 1 aliphatic heterocycles. The number of nitrogens with zero attached hydrogens (tertiary/aromatic N) is 2. The molecular formula is C18H21N3O5S. The van der Waals surface area contributed by atoms with Gasteiger partial charge in [0, 0.05) is 11.9 Å². The monoisotopic (exact) mass is 391 g/mol. The number of aromatic nitrogens is 2. The Morgan fingerprint density at radius 1 is 1.41 bits per heavy atom. The number of carbonyl (C=O) groups is 1. The summed E-state index contributed by atoms with van der Waals surface area (Å²) in [6.45, 7) is 3.70. The Kier molecular flexibility index (Phi) is 5.31. The number of carbonyl (C=O) groups excluding carboxylic acids is 1. The lowest BCUT2D eigenvalue weighted by Gasteiger charge is -2.07. The number of H-pyrrole nitrogens is 1. The van der Waals surface area contributed by atoms with Crippen LogP contribution in [0.5, 0.6) is 0 Å². The normalized spacial score (nSPS) is 18.8. The Balaban J connectivity index is 1.92. The predicted octanol–water partition coefficient (Wildman–Crippen LogP) is 1.77. The second-order valence-electron chi connectivity index (χ2n) is 6.38. The van der Waals surface area contributed by atoms with Crippen LogP contribution in [0.4, 0.5) is 5.69 Å². The van der Waals surface area contributed by atoms with E-state index in [1.54, 1.807) is 38.1 Å². The summed E-state index contributed by atoms with van der Waals surface area (Å²) < 4.78 is 29.7. The number of sulfone groups is 1. The van der Waals surface area contributed by atoms with Gasteiger partial charge >= 0.3 is 5.97 Å². The van der Waals surface area contributed by atoms with Crippen molar-refractivity contribution in [3.63, 3.8) is 0 Å². The minimum absolute atomic E-state index is 0.0465. The van der Waals surface area contributed by atoms with Gasteiger partial charge in [0.2, 0.25) is 0 Å². The number of rotatable bonds is 5. The zero-order valence-corrected chi connectivity index (χ0v) is 16.0. The third-order valence-electron chi connectivity index (χ3n) is 4.45. The summed E-state index contributed by atoms with van der Waals surface area (Å²) in [5, 5.41) is 2.94. The van der Waals surface area contributed by atoms with Crippen molar-refractivity contribution >= 4 is 27.7 Å². The summed E-state index contributed by atoms with van der Waals surface area (Å²) in [5.41, 5.74) is 1.29. The van der Waals surface area contributed by atoms with Crippen molar-refractivity contribution in [2.75, 3.05) is 18.1 Å². The topological polar surface area (TPSA) is 111 Å². The molecule has 27 heavy (non-hydrogen) atoms. The van der Waals surface area contributed by atoms with Crippen LogP contribution in [-0.2, 0) is 14.6 Å². The van der Waals surface area contributed by atoms with Gasteiger partial charge in [-0.2, -0.15) is 0 Å². The third-order valence-corrected chi connectivity index (χ3v) is 6.20. The number of benzene rings is 1. The maximum absolute atomic E-state index is 12.7. The summed E-state index contributed by atoms with van der Waals surface area (Å²) in [6.07, 6.45) is 1.80. The Bertz CT molecular complexity index is 1050. The van der Waals surface area contributed by atoms with Gasteiger partial charge < -0.3 is 4.74 Å². The second-order valence-corrected chi connectivity index (χ2v) is 8.61. The van der Waals surface area contributed by atoms with Crippen LogP contribution in [0.2, 0.25) is 0 Å². The molecule has 1 aromatic heterocycles. The van der Waals surface area contributed by atoms with Crippen molar-refractivity contribution in [3.8, 4) is 0 Å². The Morgan fingerprint density at radius 3 is 2.81 bits per heavy atom. The fraction of sp³-hybridized carbons (Fsp3) is 0.389. The molecule has 1 unspecified atom stereocenters. The first kappa shape index (κ1) is 19.1. The second kappa shape index (κ2) is 7.51. The molecule has 1 fully saturated rings. The van der Waals surface area contributed by atoms with E-state index in [0.717, 1.165) is 0 Å². The summed E-state index contributed by atoms with van der Waals surface area (Å²) in [5.74, 6) is -0.446. The quantitative estimate of drug-likeness (QED) is 0.617. The number of para-hydroxylation sites is 1. The van der Waals surface area contributed by atoms with Crippen LogP contribution in [0.25, 0.3) is 0 Å². The number of esters is 1. The van der Waals surface area contributed by atoms with Crippen LogP contribution in [0.15, 0.2) is 34.1 Å². The van der Waals surface area contributed by atoms with Gasteiger partial charge in [-0.1, -0.05) is 12.1 Å². The first-order valence-electron chi connectivity index (χ1n) is 8.64. The number of hydrogen-bond acceptors (Lipinski definition) is 6. The van der Waals surface area contributed by atoms with Crippen molar-refractivity contribution in [1.29, 1.82) is 0 Å². The molecule has 0 spiro atoms. The van der Waals surface area contributed by atoms with Gasteiger partial charge in [0.05, 0.1) is 41.0 Å². The van der Waals surface area contributed by atoms with Crippen molar-refractivity contribution in [1.82, 2.24) is 9.78 Å². The van der Waals surface area contributed by atoms with Crippen LogP contribution in [-0.4, -0.2) is 48.5 Å². The highest BCUT2D eigenvalue weighted by atomic mass is 32.2. The van der Waals surface area contributed by atoms with E-state index in [9.17, 15) is 18.0 Å². The van der Waals surface area contributed by atoms with Crippen molar-refractivity contribution in [2.24, 2.45) is 4.99 Å². The highest BCUT2D eigenvalue weighted by Crippen LogP contribution is 2.23. The lowest BCUT2D eigenvalue weighted by molar-refractivity contribution is 0.0527. The van der Waals surface area contributed by atoms with E-state index < -0.39 is 21.8 Å². The van der Waals surface area contributed by atoms with E-state index in [1.165, 1.54) is 10.9 Å². The van der Waals surface area contributed by atoms with E-state index in [0.29, 0.717) is 28.9 Å². The van der Waals surface area contributed by atoms with Crippen LogP contribution in [0, 0.1) is 6.92 Å². The molecule has 0 saturated carbocycles. The van der Waals surface area contributed by atoms with E-state index in [1.807, 2.05) is 0 Å². The van der Waals surface area contributed by atoms with Crippen LogP contribution in [0.3, 0.4) is 0 Å². The smallest absolute Gasteiger partial charge is 0.340 e. The van der Waals surface area contributed by atoms with Gasteiger partial charge in [-0.25, -0.2) is 17.9 Å². The number of aliphatic imine (C=N–C) groups is 1. The molecule has 2 heterocycles. The number of aromatic amines is 1. The highest BCUT2D eigenvalue weighted by Gasteiger charge is 2.31. The van der Waals surface area contributed by atoms with Gasteiger partial charge in [0.1, 0.15) is 0 Å². The SMILES string of the molecule is CCOC(=O)c1ccccc1N=Cc1c(C)[nH]n(C2CCS(=O)(=O)C2)c1=O. The molecule has 1 aliphatic rings. The molecular weight excluding hydrogens is 370 g/mol. The van der Waals surface area contributed by atoms with Crippen LogP contribution >= 0.6 is 0 Å². The average Bonchev–Trinajstić information content (AvgIpc) is 3.12. The summed E-state index contributed by atoms with van der Waals surface area (Å²) in [4.78, 5) is 29.0. The molecule has 1 atom stereocenters. The fourth-order valence-electron chi connectivity index (χ4n) is 3.07. The molecule has 1 N–H and O–H groups in total. The molecule has 8 nitrogen and oxygen atoms in total. The zero-order chi connectivity index (χ0) is 19.6. The van der Waals surface area contributed by atoms with E-state index >= 15 is 0 Å². The molecule has 0 radical (unpaired) electrons. The lowest BCUT2D eigenvalue weighted by Crippen LogP contribution is -2.25. The molecule has 1 saturated heterocycles. The minimum Gasteiger partial charge on any atom is -0.462 e. The molecule has 0 amide bonds. The van der Waals surface area contributed by atoms with E-state index in [-0.39, 0.29) is 23.7 Å².